The lowest BCUT2D eigenvalue weighted by Gasteiger charge is -2.36. The molecular weight excluding hydrogens is 400 g/mol. The van der Waals surface area contributed by atoms with Gasteiger partial charge in [-0.15, -0.1) is 0 Å². The van der Waals surface area contributed by atoms with Crippen molar-refractivity contribution >= 4 is 16.7 Å². The molecule has 31 heavy (non-hydrogen) atoms. The highest BCUT2D eigenvalue weighted by molar-refractivity contribution is 5.94. The maximum atomic E-state index is 14.1. The fourth-order valence-electron chi connectivity index (χ4n) is 4.10. The molecule has 0 aliphatic carbocycles. The van der Waals surface area contributed by atoms with Crippen molar-refractivity contribution in [2.24, 2.45) is 0 Å². The molecule has 0 bridgehead atoms. The van der Waals surface area contributed by atoms with Crippen LogP contribution in [0.1, 0.15) is 5.56 Å². The van der Waals surface area contributed by atoms with E-state index < -0.39 is 0 Å². The Morgan fingerprint density at radius 2 is 1.65 bits per heavy atom. The first-order valence-electron chi connectivity index (χ1n) is 10.2. The first-order valence-corrected chi connectivity index (χ1v) is 10.2. The van der Waals surface area contributed by atoms with Crippen molar-refractivity contribution in [1.29, 1.82) is 0 Å². The Kier molecular flexibility index (Phi) is 5.03. The van der Waals surface area contributed by atoms with Gasteiger partial charge in [0.05, 0.1) is 16.6 Å². The molecule has 5 rings (SSSR count). The molecular formula is C24H21F2N3O2. The van der Waals surface area contributed by atoms with Gasteiger partial charge in [-0.25, -0.2) is 8.78 Å². The Hall–Kier alpha value is -3.45. The maximum absolute atomic E-state index is 14.1. The van der Waals surface area contributed by atoms with Crippen molar-refractivity contribution in [2.75, 3.05) is 31.1 Å². The number of hydrogen-bond donors (Lipinski definition) is 1. The standard InChI is InChI=1S/C24H21F2N3O2/c25-17-7-5-16(6-8-17)23-18-9-10-22(30)19(24(18)31-27-23)15-28-11-13-29(14-12-28)21-4-2-1-3-20(21)26/h1-10,30H,11-15H2. The second kappa shape index (κ2) is 8.00. The summed E-state index contributed by atoms with van der Waals surface area (Å²) in [5, 5.41) is 15.4. The second-order valence-corrected chi connectivity index (χ2v) is 7.69. The van der Waals surface area contributed by atoms with Crippen LogP contribution in [0.25, 0.3) is 22.2 Å². The van der Waals surface area contributed by atoms with Crippen LogP contribution in [0.15, 0.2) is 65.2 Å². The highest BCUT2D eigenvalue weighted by atomic mass is 19.1. The van der Waals surface area contributed by atoms with Gasteiger partial charge >= 0.3 is 0 Å². The number of fused-ring (bicyclic) bond motifs is 1. The quantitative estimate of drug-likeness (QED) is 0.513. The van der Waals surface area contributed by atoms with Crippen molar-refractivity contribution in [3.8, 4) is 17.0 Å². The van der Waals surface area contributed by atoms with Gasteiger partial charge in [0, 0.05) is 38.3 Å². The molecule has 0 amide bonds. The number of para-hydroxylation sites is 1. The molecule has 7 heteroatoms. The van der Waals surface area contributed by atoms with E-state index in [0.29, 0.717) is 42.2 Å². The number of nitrogens with zero attached hydrogens (tertiary/aromatic N) is 3. The molecule has 1 N–H and O–H groups in total. The molecule has 1 fully saturated rings. The molecule has 0 saturated carbocycles. The van der Waals surface area contributed by atoms with Gasteiger partial charge in [-0.2, -0.15) is 0 Å². The summed E-state index contributed by atoms with van der Waals surface area (Å²) < 4.78 is 33.0. The number of halogens is 2. The number of aromatic nitrogens is 1. The molecule has 1 aliphatic rings. The summed E-state index contributed by atoms with van der Waals surface area (Å²) in [4.78, 5) is 4.24. The van der Waals surface area contributed by atoms with E-state index >= 15 is 0 Å². The van der Waals surface area contributed by atoms with Crippen LogP contribution >= 0.6 is 0 Å². The third kappa shape index (κ3) is 3.72. The summed E-state index contributed by atoms with van der Waals surface area (Å²) in [7, 11) is 0. The van der Waals surface area contributed by atoms with Crippen LogP contribution in [0.2, 0.25) is 0 Å². The van der Waals surface area contributed by atoms with Crippen LogP contribution in [-0.4, -0.2) is 41.3 Å². The molecule has 158 valence electrons. The van der Waals surface area contributed by atoms with Crippen LogP contribution < -0.4 is 4.90 Å². The summed E-state index contributed by atoms with van der Waals surface area (Å²) >= 11 is 0. The Labute approximate surface area is 178 Å². The lowest BCUT2D eigenvalue weighted by Crippen LogP contribution is -2.46. The van der Waals surface area contributed by atoms with Gasteiger partial charge in [-0.1, -0.05) is 17.3 Å². The predicted molar refractivity (Wildman–Crippen MR) is 115 cm³/mol. The topological polar surface area (TPSA) is 52.7 Å². The molecule has 3 aromatic carbocycles. The van der Waals surface area contributed by atoms with E-state index in [2.05, 4.69) is 10.1 Å². The van der Waals surface area contributed by atoms with Crippen LogP contribution in [0.5, 0.6) is 5.75 Å². The van der Waals surface area contributed by atoms with Crippen molar-refractivity contribution in [3.63, 3.8) is 0 Å². The number of phenols is 1. The zero-order valence-electron chi connectivity index (χ0n) is 16.8. The lowest BCUT2D eigenvalue weighted by molar-refractivity contribution is 0.245. The van der Waals surface area contributed by atoms with Crippen molar-refractivity contribution in [2.45, 2.75) is 6.54 Å². The Morgan fingerprint density at radius 3 is 2.39 bits per heavy atom. The summed E-state index contributed by atoms with van der Waals surface area (Å²) in [6.45, 7) is 3.32. The molecule has 0 radical (unpaired) electrons. The van der Waals surface area contributed by atoms with E-state index in [9.17, 15) is 13.9 Å². The number of phenolic OH excluding ortho intramolecular Hbond substituents is 1. The van der Waals surface area contributed by atoms with Crippen molar-refractivity contribution < 1.29 is 18.4 Å². The number of hydrogen-bond acceptors (Lipinski definition) is 5. The van der Waals surface area contributed by atoms with Gasteiger partial charge in [0.15, 0.2) is 5.58 Å². The second-order valence-electron chi connectivity index (χ2n) is 7.69. The number of rotatable bonds is 4. The number of benzene rings is 3. The van der Waals surface area contributed by atoms with Gasteiger partial charge in [0.25, 0.3) is 0 Å². The Morgan fingerprint density at radius 1 is 0.903 bits per heavy atom. The SMILES string of the molecule is Oc1ccc2c(-c3ccc(F)cc3)noc2c1CN1CCN(c2ccccc2F)CC1. The highest BCUT2D eigenvalue weighted by Gasteiger charge is 2.23. The van der Waals surface area contributed by atoms with Gasteiger partial charge in [-0.05, 0) is 48.5 Å². The average molecular weight is 421 g/mol. The fourth-order valence-corrected chi connectivity index (χ4v) is 4.10. The smallest absolute Gasteiger partial charge is 0.175 e. The minimum Gasteiger partial charge on any atom is -0.507 e. The normalized spacial score (nSPS) is 15.0. The first-order chi connectivity index (χ1) is 15.1. The molecule has 4 aromatic rings. The predicted octanol–water partition coefficient (Wildman–Crippen LogP) is 4.80. The third-order valence-electron chi connectivity index (χ3n) is 5.78. The molecule has 1 aromatic heterocycles. The molecule has 1 aliphatic heterocycles. The van der Waals surface area contributed by atoms with Crippen LogP contribution in [-0.2, 0) is 6.54 Å². The van der Waals surface area contributed by atoms with Crippen LogP contribution in [0.4, 0.5) is 14.5 Å². The third-order valence-corrected chi connectivity index (χ3v) is 5.78. The summed E-state index contributed by atoms with van der Waals surface area (Å²) in [5.74, 6) is -0.386. The maximum Gasteiger partial charge on any atom is 0.175 e. The first kappa shape index (κ1) is 19.5. The Bertz CT molecular complexity index is 1220. The van der Waals surface area contributed by atoms with Crippen LogP contribution in [0, 0.1) is 11.6 Å². The molecule has 0 atom stereocenters. The van der Waals surface area contributed by atoms with E-state index in [1.165, 1.54) is 18.2 Å². The van der Waals surface area contributed by atoms with Gasteiger partial charge in [0.2, 0.25) is 0 Å². The van der Waals surface area contributed by atoms with Gasteiger partial charge in [0.1, 0.15) is 23.1 Å². The molecule has 1 saturated heterocycles. The van der Waals surface area contributed by atoms with Crippen molar-refractivity contribution in [1.82, 2.24) is 10.1 Å². The molecule has 2 heterocycles. The zero-order chi connectivity index (χ0) is 21.4. The molecule has 0 unspecified atom stereocenters. The number of aromatic hydroxyl groups is 1. The molecule has 0 spiro atoms. The largest absolute Gasteiger partial charge is 0.507 e. The summed E-state index contributed by atoms with van der Waals surface area (Å²) in [5.41, 5.74) is 3.16. The fraction of sp³-hybridized carbons (Fsp3) is 0.208. The highest BCUT2D eigenvalue weighted by Crippen LogP contribution is 2.35. The van der Waals surface area contributed by atoms with E-state index in [4.69, 9.17) is 4.52 Å². The van der Waals surface area contributed by atoms with Gasteiger partial charge < -0.3 is 14.5 Å². The van der Waals surface area contributed by atoms with E-state index in [1.807, 2.05) is 11.0 Å². The van der Waals surface area contributed by atoms with Gasteiger partial charge in [-0.3, -0.25) is 4.90 Å². The summed E-state index contributed by atoms with van der Waals surface area (Å²) in [6.07, 6.45) is 0. The lowest BCUT2D eigenvalue weighted by atomic mass is 10.0. The number of anilines is 1. The monoisotopic (exact) mass is 421 g/mol. The van der Waals surface area contributed by atoms with Crippen LogP contribution in [0.3, 0.4) is 0 Å². The van der Waals surface area contributed by atoms with Crippen molar-refractivity contribution in [3.05, 3.63) is 77.9 Å². The van der Waals surface area contributed by atoms with E-state index in [0.717, 1.165) is 24.0 Å². The summed E-state index contributed by atoms with van der Waals surface area (Å²) in [6, 6.07) is 16.3. The number of piperazine rings is 1. The zero-order valence-corrected chi connectivity index (χ0v) is 16.8. The minimum atomic E-state index is -0.315. The van der Waals surface area contributed by atoms with E-state index in [1.54, 1.807) is 36.4 Å². The minimum absolute atomic E-state index is 0.144. The average Bonchev–Trinajstić information content (AvgIpc) is 3.21. The van der Waals surface area contributed by atoms with E-state index in [-0.39, 0.29) is 17.4 Å². The molecule has 5 nitrogen and oxygen atoms in total. The Balaban J connectivity index is 1.37.